The fourth-order valence-corrected chi connectivity index (χ4v) is 3.71. The maximum atomic E-state index is 12.2. The minimum absolute atomic E-state index is 0.119. The summed E-state index contributed by atoms with van der Waals surface area (Å²) in [5.74, 6) is 0. The van der Waals surface area contributed by atoms with Crippen LogP contribution in [-0.2, 0) is 16.4 Å². The molecule has 1 unspecified atom stereocenters. The summed E-state index contributed by atoms with van der Waals surface area (Å²) >= 11 is 0. The third kappa shape index (κ3) is 3.40. The van der Waals surface area contributed by atoms with Gasteiger partial charge in [0.05, 0.1) is 0 Å². The molecule has 0 bridgehead atoms. The van der Waals surface area contributed by atoms with E-state index < -0.39 is 10.0 Å². The van der Waals surface area contributed by atoms with Gasteiger partial charge in [-0.15, -0.1) is 0 Å². The lowest BCUT2D eigenvalue weighted by atomic mass is 10.1. The summed E-state index contributed by atoms with van der Waals surface area (Å²) in [5.41, 5.74) is 3.20. The zero-order valence-electron chi connectivity index (χ0n) is 11.6. The van der Waals surface area contributed by atoms with E-state index in [1.165, 1.54) is 11.0 Å². The highest BCUT2D eigenvalue weighted by molar-refractivity contribution is 7.92. The maximum absolute atomic E-state index is 12.2. The molecule has 21 heavy (non-hydrogen) atoms. The number of rotatable bonds is 4. The second-order valence-electron chi connectivity index (χ2n) is 5.17. The predicted octanol–water partition coefficient (Wildman–Crippen LogP) is 3.26. The molecule has 1 atom stereocenters. The molecule has 0 saturated carbocycles. The molecule has 0 saturated heterocycles. The molecule has 0 spiro atoms. The first-order valence-electron chi connectivity index (χ1n) is 6.97. The molecule has 2 aromatic carbocycles. The van der Waals surface area contributed by atoms with Crippen molar-refractivity contribution < 1.29 is 8.42 Å². The van der Waals surface area contributed by atoms with Crippen molar-refractivity contribution in [1.29, 1.82) is 0 Å². The first-order chi connectivity index (χ1) is 10.1. The highest BCUT2D eigenvalue weighted by atomic mass is 32.2. The number of aryl methyl sites for hydroxylation is 1. The van der Waals surface area contributed by atoms with Crippen molar-refractivity contribution in [2.24, 2.45) is 0 Å². The summed E-state index contributed by atoms with van der Waals surface area (Å²) in [6.07, 6.45) is 3.35. The Hall–Kier alpha value is -1.91. The highest BCUT2D eigenvalue weighted by Gasteiger charge is 2.24. The Kier molecular flexibility index (Phi) is 3.90. The molecule has 3 rings (SSSR count). The number of fused-ring (bicyclic) bond motifs is 1. The Morgan fingerprint density at radius 3 is 2.52 bits per heavy atom. The lowest BCUT2D eigenvalue weighted by Gasteiger charge is -2.12. The van der Waals surface area contributed by atoms with E-state index in [0.29, 0.717) is 0 Å². The van der Waals surface area contributed by atoms with Crippen LogP contribution in [0, 0.1) is 0 Å². The molecule has 0 aliphatic heterocycles. The largest absolute Gasteiger partial charge is 0.234 e. The molecule has 4 heteroatoms. The Labute approximate surface area is 125 Å². The van der Waals surface area contributed by atoms with Gasteiger partial charge >= 0.3 is 0 Å². The Morgan fingerprint density at radius 2 is 1.71 bits per heavy atom. The maximum Gasteiger partial charge on any atom is 0.234 e. The fourth-order valence-electron chi connectivity index (χ4n) is 2.65. The van der Waals surface area contributed by atoms with Crippen molar-refractivity contribution in [2.75, 3.05) is 0 Å². The average Bonchev–Trinajstić information content (AvgIpc) is 2.89. The van der Waals surface area contributed by atoms with Gasteiger partial charge in [0.25, 0.3) is 0 Å². The zero-order chi connectivity index (χ0) is 14.7. The smallest absolute Gasteiger partial charge is 0.208 e. The van der Waals surface area contributed by atoms with Crippen LogP contribution in [-0.4, -0.2) is 8.42 Å². The highest BCUT2D eigenvalue weighted by Crippen LogP contribution is 2.31. The monoisotopic (exact) mass is 299 g/mol. The summed E-state index contributed by atoms with van der Waals surface area (Å²) in [4.78, 5) is 0. The number of hydrogen-bond acceptors (Lipinski definition) is 2. The van der Waals surface area contributed by atoms with Crippen molar-refractivity contribution >= 4 is 16.1 Å². The van der Waals surface area contributed by atoms with Crippen molar-refractivity contribution in [3.05, 3.63) is 76.7 Å². The summed E-state index contributed by atoms with van der Waals surface area (Å²) in [6.45, 7) is 0. The number of hydrogen-bond donors (Lipinski definition) is 1. The molecule has 0 amide bonds. The molecule has 108 valence electrons. The Balaban J connectivity index is 1.74. The van der Waals surface area contributed by atoms with Crippen molar-refractivity contribution in [3.63, 3.8) is 0 Å². The third-order valence-corrected chi connectivity index (χ3v) is 4.79. The van der Waals surface area contributed by atoms with Gasteiger partial charge < -0.3 is 0 Å². The fraction of sp³-hybridized carbons (Fsp3) is 0.176. The molecule has 0 fully saturated rings. The van der Waals surface area contributed by atoms with Crippen molar-refractivity contribution in [3.8, 4) is 0 Å². The van der Waals surface area contributed by atoms with Crippen molar-refractivity contribution in [1.82, 2.24) is 4.72 Å². The lowest BCUT2D eigenvalue weighted by Crippen LogP contribution is -2.25. The molecule has 0 radical (unpaired) electrons. The van der Waals surface area contributed by atoms with E-state index in [4.69, 9.17) is 0 Å². The van der Waals surface area contributed by atoms with E-state index in [2.05, 4.69) is 10.8 Å². The van der Waals surface area contributed by atoms with Crippen LogP contribution in [0.2, 0.25) is 0 Å². The van der Waals surface area contributed by atoms with E-state index in [1.54, 1.807) is 6.08 Å². The van der Waals surface area contributed by atoms with Gasteiger partial charge in [-0.1, -0.05) is 54.6 Å². The van der Waals surface area contributed by atoms with E-state index in [9.17, 15) is 8.42 Å². The normalized spacial score (nSPS) is 18.0. The van der Waals surface area contributed by atoms with Crippen LogP contribution in [0.1, 0.15) is 29.2 Å². The van der Waals surface area contributed by atoms with Gasteiger partial charge in [-0.3, -0.25) is 0 Å². The van der Waals surface area contributed by atoms with E-state index in [1.807, 2.05) is 48.5 Å². The number of sulfonamides is 1. The first-order valence-corrected chi connectivity index (χ1v) is 8.52. The van der Waals surface area contributed by atoms with Crippen LogP contribution < -0.4 is 4.72 Å². The second-order valence-corrected chi connectivity index (χ2v) is 6.76. The van der Waals surface area contributed by atoms with Gasteiger partial charge in [0.15, 0.2) is 0 Å². The van der Waals surface area contributed by atoms with Crippen LogP contribution in [0.15, 0.2) is 60.0 Å². The molecule has 1 N–H and O–H groups in total. The summed E-state index contributed by atoms with van der Waals surface area (Å²) in [5, 5.41) is 1.24. The van der Waals surface area contributed by atoms with Crippen LogP contribution >= 0.6 is 0 Å². The van der Waals surface area contributed by atoms with E-state index >= 15 is 0 Å². The summed E-state index contributed by atoms with van der Waals surface area (Å²) < 4.78 is 27.1. The molecule has 1 aliphatic carbocycles. The summed E-state index contributed by atoms with van der Waals surface area (Å²) in [7, 11) is -3.44. The Bertz CT molecular complexity index is 751. The van der Waals surface area contributed by atoms with E-state index in [0.717, 1.165) is 24.0 Å². The van der Waals surface area contributed by atoms with Gasteiger partial charge in [0.2, 0.25) is 10.0 Å². The van der Waals surface area contributed by atoms with Gasteiger partial charge in [-0.2, -0.15) is 0 Å². The molecule has 3 nitrogen and oxygen atoms in total. The molecule has 1 aliphatic rings. The summed E-state index contributed by atoms with van der Waals surface area (Å²) in [6, 6.07) is 17.3. The molecular formula is C17H17NO2S. The van der Waals surface area contributed by atoms with Crippen LogP contribution in [0.25, 0.3) is 6.08 Å². The van der Waals surface area contributed by atoms with Gasteiger partial charge in [-0.25, -0.2) is 13.1 Å². The molecule has 2 aromatic rings. The minimum Gasteiger partial charge on any atom is -0.208 e. The zero-order valence-corrected chi connectivity index (χ0v) is 12.4. The number of benzene rings is 2. The quantitative estimate of drug-likeness (QED) is 0.942. The topological polar surface area (TPSA) is 46.2 Å². The van der Waals surface area contributed by atoms with Crippen LogP contribution in [0.5, 0.6) is 0 Å². The molecule has 0 aromatic heterocycles. The van der Waals surface area contributed by atoms with Gasteiger partial charge in [0, 0.05) is 11.4 Å². The Morgan fingerprint density at radius 1 is 1.00 bits per heavy atom. The SMILES string of the molecule is O=S(=O)(/C=C/c1ccccc1)NC1CCc2ccccc21. The lowest BCUT2D eigenvalue weighted by molar-refractivity contribution is 0.563. The standard InChI is InChI=1S/C17H17NO2S/c19-21(20,13-12-14-6-2-1-3-7-14)18-17-11-10-15-8-4-5-9-16(15)17/h1-9,12-13,17-18H,10-11H2/b13-12+. The van der Waals surface area contributed by atoms with Gasteiger partial charge in [0.1, 0.15) is 0 Å². The van der Waals surface area contributed by atoms with E-state index in [-0.39, 0.29) is 6.04 Å². The first kappa shape index (κ1) is 14.0. The van der Waals surface area contributed by atoms with Crippen LogP contribution in [0.3, 0.4) is 0 Å². The van der Waals surface area contributed by atoms with Crippen LogP contribution in [0.4, 0.5) is 0 Å². The number of nitrogens with one attached hydrogen (secondary N) is 1. The second kappa shape index (κ2) is 5.84. The predicted molar refractivity (Wildman–Crippen MR) is 85.0 cm³/mol. The molecular weight excluding hydrogens is 282 g/mol. The average molecular weight is 299 g/mol. The minimum atomic E-state index is -3.44. The third-order valence-electron chi connectivity index (χ3n) is 3.68. The van der Waals surface area contributed by atoms with Gasteiger partial charge in [-0.05, 0) is 35.6 Å². The molecule has 0 heterocycles. The van der Waals surface area contributed by atoms with Crippen molar-refractivity contribution in [2.45, 2.75) is 18.9 Å².